The molecule has 0 saturated carbocycles. The van der Waals surface area contributed by atoms with Crippen LogP contribution in [0.3, 0.4) is 0 Å². The summed E-state index contributed by atoms with van der Waals surface area (Å²) in [6.07, 6.45) is 3.41. The fourth-order valence-corrected chi connectivity index (χ4v) is 3.30. The van der Waals surface area contributed by atoms with Crippen LogP contribution < -0.4 is 10.6 Å². The molecule has 2 aromatic carbocycles. The van der Waals surface area contributed by atoms with Gasteiger partial charge in [0, 0.05) is 5.70 Å². The normalized spacial score (nSPS) is 15.1. The first-order valence-corrected chi connectivity index (χ1v) is 9.28. The van der Waals surface area contributed by atoms with E-state index >= 15 is 0 Å². The number of fused-ring (bicyclic) bond motifs is 1. The number of allylic oxidation sites excluding steroid dienone is 1. The maximum atomic E-state index is 13.5. The lowest BCUT2D eigenvalue weighted by atomic mass is 10.0. The highest BCUT2D eigenvalue weighted by Crippen LogP contribution is 2.33. The maximum Gasteiger partial charge on any atom is 0.293 e. The number of aromatic nitrogens is 3. The van der Waals surface area contributed by atoms with Gasteiger partial charge in [-0.15, -0.1) is 5.10 Å². The van der Waals surface area contributed by atoms with Gasteiger partial charge in [0.2, 0.25) is 5.95 Å². The molecule has 1 aliphatic heterocycles. The van der Waals surface area contributed by atoms with Crippen molar-refractivity contribution in [2.75, 3.05) is 10.6 Å². The van der Waals surface area contributed by atoms with Gasteiger partial charge in [0.05, 0.1) is 6.26 Å². The maximum absolute atomic E-state index is 13.5. The number of nitrogens with one attached hydrogen (secondary N) is 2. The number of rotatable bonds is 4. The van der Waals surface area contributed by atoms with Crippen LogP contribution in [0.2, 0.25) is 0 Å². The molecule has 1 amide bonds. The third kappa shape index (κ3) is 3.35. The second kappa shape index (κ2) is 7.32. The third-order valence-electron chi connectivity index (χ3n) is 4.73. The van der Waals surface area contributed by atoms with Gasteiger partial charge in [-0.1, -0.05) is 42.5 Å². The first kappa shape index (κ1) is 17.9. The number of anilines is 2. The van der Waals surface area contributed by atoms with Gasteiger partial charge in [-0.25, -0.2) is 9.07 Å². The van der Waals surface area contributed by atoms with Crippen LogP contribution in [0.4, 0.5) is 16.3 Å². The minimum atomic E-state index is -0.447. The Morgan fingerprint density at radius 3 is 2.60 bits per heavy atom. The Kier molecular flexibility index (Phi) is 4.36. The number of carbonyl (C=O) groups is 1. The Bertz CT molecular complexity index is 1210. The van der Waals surface area contributed by atoms with E-state index in [1.54, 1.807) is 28.9 Å². The van der Waals surface area contributed by atoms with E-state index in [9.17, 15) is 9.18 Å². The van der Waals surface area contributed by atoms with E-state index in [0.29, 0.717) is 5.95 Å². The number of amides is 1. The summed E-state index contributed by atoms with van der Waals surface area (Å²) in [4.78, 5) is 16.7. The van der Waals surface area contributed by atoms with Gasteiger partial charge in [0.1, 0.15) is 11.9 Å². The molecule has 0 saturated heterocycles. The van der Waals surface area contributed by atoms with Crippen molar-refractivity contribution in [3.8, 4) is 0 Å². The predicted octanol–water partition coefficient (Wildman–Crippen LogP) is 4.32. The fourth-order valence-electron chi connectivity index (χ4n) is 3.30. The van der Waals surface area contributed by atoms with Crippen molar-refractivity contribution in [3.63, 3.8) is 0 Å². The van der Waals surface area contributed by atoms with Crippen LogP contribution in [0.15, 0.2) is 83.5 Å². The largest absolute Gasteiger partial charge is 0.459 e. The van der Waals surface area contributed by atoms with E-state index in [1.165, 1.54) is 18.4 Å². The van der Waals surface area contributed by atoms with Crippen LogP contribution >= 0.6 is 0 Å². The van der Waals surface area contributed by atoms with E-state index in [-0.39, 0.29) is 23.6 Å². The highest BCUT2D eigenvalue weighted by Gasteiger charge is 2.26. The van der Waals surface area contributed by atoms with Gasteiger partial charge in [0.15, 0.2) is 5.76 Å². The minimum Gasteiger partial charge on any atom is -0.459 e. The monoisotopic (exact) mass is 401 g/mol. The zero-order valence-corrected chi connectivity index (χ0v) is 15.6. The average Bonchev–Trinajstić information content (AvgIpc) is 3.44. The summed E-state index contributed by atoms with van der Waals surface area (Å²) < 4.78 is 20.2. The summed E-state index contributed by atoms with van der Waals surface area (Å²) in [5, 5.41) is 10.3. The molecule has 8 heteroatoms. The molecule has 30 heavy (non-hydrogen) atoms. The molecule has 0 radical (unpaired) electrons. The summed E-state index contributed by atoms with van der Waals surface area (Å²) in [5.74, 6) is -0.00857. The highest BCUT2D eigenvalue weighted by atomic mass is 19.1. The standard InChI is InChI=1S/C22H16FN5O2/c23-16-10-8-15(9-11-16)18-13-17(14-5-2-1-3-6-14)24-22-26-21(27-28(18)22)25-20(29)19-7-4-12-30-19/h1-13,18H,(H2,24,25,26,27,29)/t18-/m0/s1. The van der Waals surface area contributed by atoms with Gasteiger partial charge >= 0.3 is 0 Å². The third-order valence-corrected chi connectivity index (χ3v) is 4.73. The van der Waals surface area contributed by atoms with Gasteiger partial charge in [-0.2, -0.15) is 4.98 Å². The number of hydrogen-bond donors (Lipinski definition) is 2. The molecule has 2 aromatic heterocycles. The number of furan rings is 1. The average molecular weight is 401 g/mol. The van der Waals surface area contributed by atoms with E-state index in [1.807, 2.05) is 36.4 Å². The SMILES string of the molecule is O=C(Nc1nc2n(n1)[C@H](c1ccc(F)cc1)C=C(c1ccccc1)N2)c1ccco1. The summed E-state index contributed by atoms with van der Waals surface area (Å²) in [6.45, 7) is 0. The van der Waals surface area contributed by atoms with Crippen LogP contribution in [0, 0.1) is 5.82 Å². The molecule has 3 heterocycles. The highest BCUT2D eigenvalue weighted by molar-refractivity contribution is 6.01. The van der Waals surface area contributed by atoms with Crippen LogP contribution in [0.25, 0.3) is 5.70 Å². The fraction of sp³-hybridized carbons (Fsp3) is 0.0455. The molecule has 0 unspecified atom stereocenters. The Hall–Kier alpha value is -4.20. The number of halogens is 1. The lowest BCUT2D eigenvalue weighted by Crippen LogP contribution is -2.20. The molecule has 0 spiro atoms. The molecule has 1 aliphatic rings. The molecule has 5 rings (SSSR count). The number of hydrogen-bond acceptors (Lipinski definition) is 5. The number of nitrogens with zero attached hydrogens (tertiary/aromatic N) is 3. The van der Waals surface area contributed by atoms with Gasteiger partial charge in [-0.05, 0) is 41.5 Å². The molecular weight excluding hydrogens is 385 g/mol. The molecule has 4 aromatic rings. The topological polar surface area (TPSA) is 85.0 Å². The molecule has 1 atom stereocenters. The quantitative estimate of drug-likeness (QED) is 0.532. The van der Waals surface area contributed by atoms with E-state index < -0.39 is 5.91 Å². The lowest BCUT2D eigenvalue weighted by molar-refractivity contribution is 0.0995. The van der Waals surface area contributed by atoms with Crippen molar-refractivity contribution in [1.82, 2.24) is 14.8 Å². The Morgan fingerprint density at radius 2 is 1.87 bits per heavy atom. The smallest absolute Gasteiger partial charge is 0.293 e. The Balaban J connectivity index is 1.53. The molecule has 0 bridgehead atoms. The predicted molar refractivity (Wildman–Crippen MR) is 109 cm³/mol. The summed E-state index contributed by atoms with van der Waals surface area (Å²) in [6, 6.07) is 18.9. The van der Waals surface area contributed by atoms with Crippen molar-refractivity contribution < 1.29 is 13.6 Å². The zero-order valence-electron chi connectivity index (χ0n) is 15.6. The molecule has 0 fully saturated rings. The first-order valence-electron chi connectivity index (χ1n) is 9.28. The lowest BCUT2D eigenvalue weighted by Gasteiger charge is -2.24. The molecule has 7 nitrogen and oxygen atoms in total. The van der Waals surface area contributed by atoms with Crippen LogP contribution in [0.5, 0.6) is 0 Å². The van der Waals surface area contributed by atoms with Crippen molar-refractivity contribution in [3.05, 3.63) is 102 Å². The van der Waals surface area contributed by atoms with E-state index in [4.69, 9.17) is 4.42 Å². The minimum absolute atomic E-state index is 0.133. The van der Waals surface area contributed by atoms with E-state index in [2.05, 4.69) is 20.7 Å². The second-order valence-corrected chi connectivity index (χ2v) is 6.70. The Labute approximate surface area is 170 Å². The van der Waals surface area contributed by atoms with E-state index in [0.717, 1.165) is 16.8 Å². The number of benzene rings is 2. The molecule has 0 aliphatic carbocycles. The summed E-state index contributed by atoms with van der Waals surface area (Å²) in [7, 11) is 0. The molecule has 2 N–H and O–H groups in total. The zero-order chi connectivity index (χ0) is 20.5. The summed E-state index contributed by atoms with van der Waals surface area (Å²) in [5.41, 5.74) is 2.65. The van der Waals surface area contributed by atoms with Gasteiger partial charge in [-0.3, -0.25) is 10.1 Å². The van der Waals surface area contributed by atoms with Crippen molar-refractivity contribution in [2.45, 2.75) is 6.04 Å². The first-order chi connectivity index (χ1) is 14.7. The molecular formula is C22H16FN5O2. The summed E-state index contributed by atoms with van der Waals surface area (Å²) >= 11 is 0. The molecule has 148 valence electrons. The van der Waals surface area contributed by atoms with Crippen LogP contribution in [0.1, 0.15) is 27.7 Å². The van der Waals surface area contributed by atoms with Crippen LogP contribution in [-0.2, 0) is 0 Å². The van der Waals surface area contributed by atoms with Gasteiger partial charge < -0.3 is 9.73 Å². The number of carbonyl (C=O) groups excluding carboxylic acids is 1. The van der Waals surface area contributed by atoms with Crippen molar-refractivity contribution in [2.24, 2.45) is 0 Å². The van der Waals surface area contributed by atoms with Crippen molar-refractivity contribution in [1.29, 1.82) is 0 Å². The second-order valence-electron chi connectivity index (χ2n) is 6.70. The van der Waals surface area contributed by atoms with Crippen molar-refractivity contribution >= 4 is 23.5 Å². The van der Waals surface area contributed by atoms with Gasteiger partial charge in [0.25, 0.3) is 11.9 Å². The Morgan fingerprint density at radius 1 is 1.07 bits per heavy atom. The van der Waals surface area contributed by atoms with Crippen LogP contribution in [-0.4, -0.2) is 20.7 Å².